The average Bonchev–Trinajstić information content (AvgIpc) is 2.28. The van der Waals surface area contributed by atoms with Crippen molar-refractivity contribution in [2.45, 2.75) is 18.7 Å². The summed E-state index contributed by atoms with van der Waals surface area (Å²) in [6, 6.07) is 3.04. The van der Waals surface area contributed by atoms with Gasteiger partial charge in [-0.15, -0.1) is 0 Å². The molecule has 0 radical (unpaired) electrons. The van der Waals surface area contributed by atoms with Gasteiger partial charge in [-0.05, 0) is 12.0 Å². The van der Waals surface area contributed by atoms with Gasteiger partial charge < -0.3 is 5.32 Å². The summed E-state index contributed by atoms with van der Waals surface area (Å²) in [5.41, 5.74) is 0. The van der Waals surface area contributed by atoms with Gasteiger partial charge in [0.2, 0.25) is 10.0 Å². The molecule has 0 saturated heterocycles. The van der Waals surface area contributed by atoms with Crippen LogP contribution in [0, 0.1) is 5.92 Å². The van der Waals surface area contributed by atoms with E-state index in [4.69, 9.17) is 0 Å². The molecule has 17 heavy (non-hydrogen) atoms. The van der Waals surface area contributed by atoms with Crippen LogP contribution in [0.25, 0.3) is 0 Å². The third-order valence-electron chi connectivity index (χ3n) is 2.32. The van der Waals surface area contributed by atoms with E-state index in [1.807, 2.05) is 13.8 Å². The quantitative estimate of drug-likeness (QED) is 0.866. The minimum absolute atomic E-state index is 0.264. The number of nitrogens with one attached hydrogen (secondary N) is 1. The Morgan fingerprint density at radius 3 is 2.65 bits per heavy atom. The van der Waals surface area contributed by atoms with Gasteiger partial charge in [-0.2, -0.15) is 0 Å². The van der Waals surface area contributed by atoms with E-state index in [9.17, 15) is 8.42 Å². The van der Waals surface area contributed by atoms with E-state index in [0.29, 0.717) is 18.3 Å². The Hall–Kier alpha value is -1.14. The van der Waals surface area contributed by atoms with Gasteiger partial charge in [-0.3, -0.25) is 0 Å². The maximum atomic E-state index is 12.2. The molecule has 0 atom stereocenters. The van der Waals surface area contributed by atoms with Crippen LogP contribution in [0.5, 0.6) is 0 Å². The number of sulfonamides is 1. The molecule has 1 N–H and O–H groups in total. The number of aromatic nitrogens is 1. The lowest BCUT2D eigenvalue weighted by atomic mass is 10.2. The molecule has 0 aliphatic carbocycles. The molecule has 6 heteroatoms. The second-order valence-electron chi connectivity index (χ2n) is 4.31. The van der Waals surface area contributed by atoms with Crippen molar-refractivity contribution in [2.75, 3.05) is 26.0 Å². The fourth-order valence-corrected chi connectivity index (χ4v) is 2.85. The molecular formula is C11H19N3O2S. The van der Waals surface area contributed by atoms with E-state index in [0.717, 1.165) is 0 Å². The summed E-state index contributed by atoms with van der Waals surface area (Å²) in [6.45, 7) is 4.47. The Morgan fingerprint density at radius 2 is 2.12 bits per heavy atom. The summed E-state index contributed by atoms with van der Waals surface area (Å²) in [4.78, 5) is 4.26. The molecule has 1 rings (SSSR count). The molecule has 0 amide bonds. The first-order chi connectivity index (χ1) is 7.87. The van der Waals surface area contributed by atoms with Crippen LogP contribution >= 0.6 is 0 Å². The van der Waals surface area contributed by atoms with E-state index >= 15 is 0 Å². The zero-order valence-electron chi connectivity index (χ0n) is 10.6. The topological polar surface area (TPSA) is 62.3 Å². The highest BCUT2D eigenvalue weighted by molar-refractivity contribution is 7.89. The second kappa shape index (κ2) is 5.46. The Kier molecular flexibility index (Phi) is 4.47. The van der Waals surface area contributed by atoms with Crippen molar-refractivity contribution in [3.63, 3.8) is 0 Å². The first kappa shape index (κ1) is 13.9. The Balaban J connectivity index is 3.04. The smallest absolute Gasteiger partial charge is 0.243 e. The van der Waals surface area contributed by atoms with Crippen molar-refractivity contribution in [2.24, 2.45) is 5.92 Å². The van der Waals surface area contributed by atoms with Crippen molar-refractivity contribution >= 4 is 15.8 Å². The number of anilines is 1. The van der Waals surface area contributed by atoms with E-state index in [-0.39, 0.29) is 4.90 Å². The Bertz CT molecular complexity index is 471. The lowest BCUT2D eigenvalue weighted by Crippen LogP contribution is -2.30. The van der Waals surface area contributed by atoms with E-state index in [1.54, 1.807) is 14.1 Å². The predicted molar refractivity (Wildman–Crippen MR) is 68.4 cm³/mol. The van der Waals surface area contributed by atoms with Gasteiger partial charge in [-0.25, -0.2) is 17.7 Å². The second-order valence-corrected chi connectivity index (χ2v) is 6.35. The third kappa shape index (κ3) is 3.41. The average molecular weight is 257 g/mol. The monoisotopic (exact) mass is 257 g/mol. The largest absolute Gasteiger partial charge is 0.373 e. The maximum Gasteiger partial charge on any atom is 0.243 e. The zero-order chi connectivity index (χ0) is 13.1. The molecule has 0 aliphatic heterocycles. The molecule has 1 aromatic rings. The molecule has 0 aliphatic rings. The summed E-state index contributed by atoms with van der Waals surface area (Å²) in [7, 11) is -0.116. The van der Waals surface area contributed by atoms with Gasteiger partial charge in [0.1, 0.15) is 5.82 Å². The molecule has 0 bridgehead atoms. The number of hydrogen-bond donors (Lipinski definition) is 1. The first-order valence-corrected chi connectivity index (χ1v) is 6.92. The Morgan fingerprint density at radius 1 is 1.47 bits per heavy atom. The predicted octanol–water partition coefficient (Wildman–Crippen LogP) is 1.40. The molecule has 96 valence electrons. The molecule has 0 spiro atoms. The van der Waals surface area contributed by atoms with Gasteiger partial charge in [0.15, 0.2) is 0 Å². The fraction of sp³-hybridized carbons (Fsp3) is 0.545. The molecule has 1 aromatic heterocycles. The molecule has 0 aromatic carbocycles. The van der Waals surface area contributed by atoms with Crippen molar-refractivity contribution in [1.29, 1.82) is 0 Å². The number of nitrogens with zero attached hydrogens (tertiary/aromatic N) is 2. The number of hydrogen-bond acceptors (Lipinski definition) is 4. The van der Waals surface area contributed by atoms with Crippen LogP contribution in [0.1, 0.15) is 13.8 Å². The van der Waals surface area contributed by atoms with E-state index in [2.05, 4.69) is 10.3 Å². The van der Waals surface area contributed by atoms with Gasteiger partial charge in [0.05, 0.1) is 4.90 Å². The SMILES string of the molecule is CNc1cc(S(=O)(=O)N(C)CC(C)C)ccn1. The maximum absolute atomic E-state index is 12.2. The van der Waals surface area contributed by atoms with Crippen LogP contribution in [0.15, 0.2) is 23.2 Å². The van der Waals surface area contributed by atoms with Crippen LogP contribution in [0.2, 0.25) is 0 Å². The number of rotatable bonds is 5. The van der Waals surface area contributed by atoms with Gasteiger partial charge in [-0.1, -0.05) is 13.8 Å². The highest BCUT2D eigenvalue weighted by Crippen LogP contribution is 2.17. The number of pyridine rings is 1. The summed E-state index contributed by atoms with van der Waals surface area (Å²) < 4.78 is 25.8. The molecule has 0 unspecified atom stereocenters. The standard InChI is InChI=1S/C11H19N3O2S/c1-9(2)8-14(4)17(15,16)10-5-6-13-11(7-10)12-3/h5-7,9H,8H2,1-4H3,(H,12,13). The molecule has 0 saturated carbocycles. The van der Waals surface area contributed by atoms with E-state index < -0.39 is 10.0 Å². The van der Waals surface area contributed by atoms with Gasteiger partial charge in [0, 0.05) is 32.9 Å². The lowest BCUT2D eigenvalue weighted by molar-refractivity contribution is 0.417. The third-order valence-corrected chi connectivity index (χ3v) is 4.14. The lowest BCUT2D eigenvalue weighted by Gasteiger charge is -2.19. The molecule has 0 fully saturated rings. The Labute approximate surface area is 103 Å². The van der Waals surface area contributed by atoms with E-state index in [1.165, 1.54) is 22.6 Å². The minimum atomic E-state index is -3.41. The van der Waals surface area contributed by atoms with Crippen molar-refractivity contribution in [3.05, 3.63) is 18.3 Å². The zero-order valence-corrected chi connectivity index (χ0v) is 11.5. The van der Waals surface area contributed by atoms with Crippen molar-refractivity contribution in [1.82, 2.24) is 9.29 Å². The summed E-state index contributed by atoms with van der Waals surface area (Å²) in [5.74, 6) is 0.837. The van der Waals surface area contributed by atoms with Gasteiger partial charge >= 0.3 is 0 Å². The minimum Gasteiger partial charge on any atom is -0.373 e. The van der Waals surface area contributed by atoms with Crippen LogP contribution < -0.4 is 5.32 Å². The fourth-order valence-electron chi connectivity index (χ4n) is 1.50. The highest BCUT2D eigenvalue weighted by Gasteiger charge is 2.21. The van der Waals surface area contributed by atoms with Gasteiger partial charge in [0.25, 0.3) is 0 Å². The van der Waals surface area contributed by atoms with Crippen LogP contribution in [-0.2, 0) is 10.0 Å². The summed E-state index contributed by atoms with van der Waals surface area (Å²) >= 11 is 0. The molecule has 5 nitrogen and oxygen atoms in total. The first-order valence-electron chi connectivity index (χ1n) is 5.48. The van der Waals surface area contributed by atoms with Crippen molar-refractivity contribution in [3.8, 4) is 0 Å². The van der Waals surface area contributed by atoms with Crippen LogP contribution in [-0.4, -0.2) is 38.3 Å². The molecule has 1 heterocycles. The van der Waals surface area contributed by atoms with Crippen LogP contribution in [0.4, 0.5) is 5.82 Å². The summed E-state index contributed by atoms with van der Waals surface area (Å²) in [5, 5.41) is 2.83. The highest BCUT2D eigenvalue weighted by atomic mass is 32.2. The van der Waals surface area contributed by atoms with Crippen LogP contribution in [0.3, 0.4) is 0 Å². The van der Waals surface area contributed by atoms with Crippen molar-refractivity contribution < 1.29 is 8.42 Å². The molecular weight excluding hydrogens is 238 g/mol. The normalized spacial score (nSPS) is 12.1. The summed E-state index contributed by atoms with van der Waals surface area (Å²) in [6.07, 6.45) is 1.49.